The molecule has 23 nitrogen and oxygen atoms in total. The van der Waals surface area contributed by atoms with Crippen LogP contribution in [0.2, 0.25) is 0 Å². The molecule has 2 aliphatic heterocycles. The summed E-state index contributed by atoms with van der Waals surface area (Å²) >= 11 is 12.5. The van der Waals surface area contributed by atoms with Crippen LogP contribution in [0.25, 0.3) is 0 Å². The second kappa shape index (κ2) is 15.3. The van der Waals surface area contributed by atoms with Gasteiger partial charge in [0.15, 0.2) is 0 Å². The third-order valence-electron chi connectivity index (χ3n) is 7.94. The van der Waals surface area contributed by atoms with E-state index in [1.807, 2.05) is 0 Å². The number of phosphoric ester groups is 1. The number of aromatic amines is 1. The molecule has 55 heavy (non-hydrogen) atoms. The van der Waals surface area contributed by atoms with E-state index in [4.69, 9.17) is 42.2 Å². The molecule has 3 heterocycles. The molecule has 1 aromatic heterocycles. The number of allylic oxidation sites excluding steroid dienone is 4. The van der Waals surface area contributed by atoms with E-state index in [1.54, 1.807) is 13.8 Å². The fourth-order valence-corrected chi connectivity index (χ4v) is 12.6. The van der Waals surface area contributed by atoms with Crippen LogP contribution in [0.1, 0.15) is 55.7 Å². The highest BCUT2D eigenvalue weighted by Crippen LogP contribution is 2.73. The summed E-state index contributed by atoms with van der Waals surface area (Å²) in [5, 5.41) is -0.416. The number of phosphoric acid groups is 5. The number of carbonyl (C=O) groups excluding carboxylic acids is 1. The molecule has 2 aromatic rings. The molecule has 0 bridgehead atoms. The molecule has 1 aliphatic carbocycles. The Labute approximate surface area is 317 Å². The molecule has 1 fully saturated rings. The van der Waals surface area contributed by atoms with Gasteiger partial charge in [-0.1, -0.05) is 49.2 Å². The monoisotopic (exact) mass is 915 g/mol. The molecule has 0 radical (unpaired) electrons. The third kappa shape index (κ3) is 10.2. The number of aliphatic imine (C=N–C) groups is 1. The van der Waals surface area contributed by atoms with Crippen LogP contribution >= 0.6 is 62.3 Å². The largest absolute Gasteiger partial charge is 0.490 e. The van der Waals surface area contributed by atoms with Crippen molar-refractivity contribution in [1.29, 1.82) is 0 Å². The van der Waals surface area contributed by atoms with Gasteiger partial charge in [-0.3, -0.25) is 23.7 Å². The number of aromatic nitrogens is 2. The van der Waals surface area contributed by atoms with Crippen LogP contribution in [-0.4, -0.2) is 56.5 Å². The Morgan fingerprint density at radius 3 is 2.09 bits per heavy atom. The minimum absolute atomic E-state index is 0.00733. The van der Waals surface area contributed by atoms with Crippen LogP contribution in [0.15, 0.2) is 60.7 Å². The summed E-state index contributed by atoms with van der Waals surface area (Å²) in [7, 11) is -30.8. The number of aryl methyl sites for hydroxylation is 1. The van der Waals surface area contributed by atoms with Crippen LogP contribution in [0.4, 0.5) is 5.69 Å². The Morgan fingerprint density at radius 2 is 1.49 bits per heavy atom. The van der Waals surface area contributed by atoms with Crippen molar-refractivity contribution in [2.45, 2.75) is 57.5 Å². The second-order valence-corrected chi connectivity index (χ2v) is 20.6. The number of ether oxygens (including phenoxy) is 1. The third-order valence-corrected chi connectivity index (χ3v) is 15.7. The number of hydrogen-bond acceptors (Lipinski definition) is 15. The van der Waals surface area contributed by atoms with Gasteiger partial charge in [0.25, 0.3) is 5.56 Å². The van der Waals surface area contributed by atoms with E-state index >= 15 is 0 Å². The molecule has 0 amide bonds. The summed E-state index contributed by atoms with van der Waals surface area (Å²) < 4.78 is 87.8. The molecule has 7 atom stereocenters. The number of Topliss-reactive ketones (excluding diaryl/α,β-unsaturated/α-hetero) is 1. The summed E-state index contributed by atoms with van der Waals surface area (Å²) in [5.74, 6) is -0.674. The molecule has 30 heteroatoms. The summed E-state index contributed by atoms with van der Waals surface area (Å²) in [4.78, 5) is 101. The summed E-state index contributed by atoms with van der Waals surface area (Å²) in [5.41, 5.74) is -1.28. The fraction of sp³-hybridized carbons (Fsp3) is 0.360. The SMILES string of the molecule is Cc1cn([C@H]2CC[C@@H](C(OP(=O)(O)OP(=O)(O)OP(=O)(O)OP(=O)(O)OP(=O)(O)O)c3ccc4c(c3)C(C)(C)C3=C(Cl)C(=O)C(Cl)=CC3=N4)O2)c(=O)[nH]c1=O. The van der Waals surface area contributed by atoms with E-state index in [9.17, 15) is 56.8 Å². The first-order valence-electron chi connectivity index (χ1n) is 14.9. The molecule has 3 aliphatic rings. The van der Waals surface area contributed by atoms with Gasteiger partial charge in [0, 0.05) is 22.7 Å². The van der Waals surface area contributed by atoms with Crippen molar-refractivity contribution in [3.8, 4) is 0 Å². The molecule has 7 N–H and O–H groups in total. The lowest BCUT2D eigenvalue weighted by molar-refractivity contribution is -0.111. The van der Waals surface area contributed by atoms with Gasteiger partial charge in [-0.05, 0) is 43.0 Å². The highest BCUT2D eigenvalue weighted by molar-refractivity contribution is 7.71. The lowest BCUT2D eigenvalue weighted by Gasteiger charge is -2.37. The number of nitrogens with zero attached hydrogens (tertiary/aromatic N) is 2. The number of hydrogen-bond donors (Lipinski definition) is 7. The van der Waals surface area contributed by atoms with Crippen LogP contribution in [-0.2, 0) is 59.5 Å². The van der Waals surface area contributed by atoms with Crippen molar-refractivity contribution in [2.75, 3.05) is 0 Å². The van der Waals surface area contributed by atoms with Crippen molar-refractivity contribution in [1.82, 2.24) is 9.55 Å². The van der Waals surface area contributed by atoms with E-state index in [-0.39, 0.29) is 45.3 Å². The summed E-state index contributed by atoms with van der Waals surface area (Å²) in [6.07, 6.45) is -1.71. The van der Waals surface area contributed by atoms with Crippen LogP contribution in [0, 0.1) is 6.92 Å². The maximum absolute atomic E-state index is 13.3. The highest BCUT2D eigenvalue weighted by atomic mass is 35.5. The number of H-pyrrole nitrogens is 1. The Morgan fingerprint density at radius 1 is 0.909 bits per heavy atom. The number of rotatable bonds is 13. The van der Waals surface area contributed by atoms with Gasteiger partial charge in [0.05, 0.1) is 27.6 Å². The molecule has 302 valence electrons. The van der Waals surface area contributed by atoms with E-state index < -0.39 is 80.0 Å². The lowest BCUT2D eigenvalue weighted by atomic mass is 9.71. The first-order chi connectivity index (χ1) is 25.0. The molecule has 5 rings (SSSR count). The number of benzene rings is 1. The average molecular weight is 916 g/mol. The van der Waals surface area contributed by atoms with Crippen molar-refractivity contribution in [2.24, 2.45) is 4.99 Å². The van der Waals surface area contributed by atoms with E-state index in [0.717, 1.165) is 4.57 Å². The van der Waals surface area contributed by atoms with E-state index in [1.165, 1.54) is 37.4 Å². The first kappa shape index (κ1) is 44.1. The van der Waals surface area contributed by atoms with Crippen molar-refractivity contribution in [3.63, 3.8) is 0 Å². The normalized spacial score (nSPS) is 24.7. The minimum atomic E-state index is -6.38. The Kier molecular flexibility index (Phi) is 12.3. The number of halogens is 2. The van der Waals surface area contributed by atoms with Gasteiger partial charge in [-0.25, -0.2) is 32.6 Å². The molecular formula is C25H28Cl2N3O20P5. The second-order valence-electron chi connectivity index (χ2n) is 12.3. The van der Waals surface area contributed by atoms with Gasteiger partial charge in [0.2, 0.25) is 5.78 Å². The zero-order valence-corrected chi connectivity index (χ0v) is 33.8. The molecule has 1 saturated heterocycles. The quantitative estimate of drug-likeness (QED) is 0.108. The van der Waals surface area contributed by atoms with Gasteiger partial charge < -0.3 is 34.1 Å². The average Bonchev–Trinajstić information content (AvgIpc) is 3.47. The maximum Gasteiger partial charge on any atom is 0.490 e. The Balaban J connectivity index is 1.51. The van der Waals surface area contributed by atoms with Gasteiger partial charge in [-0.2, -0.15) is 17.2 Å². The van der Waals surface area contributed by atoms with Crippen molar-refractivity contribution >= 4 is 79.5 Å². The van der Waals surface area contributed by atoms with Crippen LogP contribution < -0.4 is 11.2 Å². The maximum atomic E-state index is 13.3. The van der Waals surface area contributed by atoms with Gasteiger partial charge in [0.1, 0.15) is 12.3 Å². The van der Waals surface area contributed by atoms with E-state index in [0.29, 0.717) is 11.3 Å². The van der Waals surface area contributed by atoms with Crippen LogP contribution in [0.5, 0.6) is 0 Å². The zero-order chi connectivity index (χ0) is 41.3. The number of fused-ring (bicyclic) bond motifs is 2. The van der Waals surface area contributed by atoms with Gasteiger partial charge >= 0.3 is 44.8 Å². The lowest BCUT2D eigenvalue weighted by Crippen LogP contribution is -2.34. The molecule has 1 aromatic carbocycles. The zero-order valence-electron chi connectivity index (χ0n) is 27.8. The smallest absolute Gasteiger partial charge is 0.352 e. The number of carbonyl (C=O) groups is 1. The number of nitrogens with one attached hydrogen (secondary N) is 1. The fourth-order valence-electron chi connectivity index (χ4n) is 5.81. The molecule has 0 spiro atoms. The van der Waals surface area contributed by atoms with E-state index in [2.05, 4.69) is 27.2 Å². The topological polar surface area (TPSA) is 346 Å². The first-order valence-corrected chi connectivity index (χ1v) is 23.2. The van der Waals surface area contributed by atoms with Crippen molar-refractivity contribution < 1.29 is 83.5 Å². The summed E-state index contributed by atoms with van der Waals surface area (Å²) in [6, 6.07) is 4.20. The predicted molar refractivity (Wildman–Crippen MR) is 187 cm³/mol. The Hall–Kier alpha value is -2.03. The predicted octanol–water partition coefficient (Wildman–Crippen LogP) is 4.40. The van der Waals surface area contributed by atoms with Gasteiger partial charge in [-0.15, -0.1) is 0 Å². The standard InChI is InChI=1S/C25H28Cl2N3O20P5/c1-11-10-30(24(33)29-23(11)32)18-7-6-17(45-18)22(46-52(37,38)48-54(41,42)50-55(43,44)49-53(39,40)47-51(34,35)36)12-4-5-15-13(8-12)25(2,3)19-16(28-15)9-14(26)21(31)20(19)27/h4-5,8-10,17-18,22H,6-7H2,1-3H3,(H,37,38)(H,39,40)(H,41,42)(H,43,44)(H,29,32,33)(H2,34,35,36)/t17-,18+,22?/m0/s1. The molecule has 0 saturated carbocycles. The highest BCUT2D eigenvalue weighted by Gasteiger charge is 2.49. The minimum Gasteiger partial charge on any atom is -0.352 e. The van der Waals surface area contributed by atoms with Crippen LogP contribution in [0.3, 0.4) is 0 Å². The van der Waals surface area contributed by atoms with Crippen molar-refractivity contribution in [3.05, 3.63) is 83.6 Å². The Bertz CT molecular complexity index is 2440. The number of ketones is 1. The molecular weight excluding hydrogens is 888 g/mol. The molecule has 5 unspecified atom stereocenters. The summed E-state index contributed by atoms with van der Waals surface area (Å²) in [6.45, 7) is 4.77.